The van der Waals surface area contributed by atoms with Crippen molar-refractivity contribution in [3.63, 3.8) is 0 Å². The molecule has 0 unspecified atom stereocenters. The van der Waals surface area contributed by atoms with Gasteiger partial charge in [0.2, 0.25) is 0 Å². The fourth-order valence-electron chi connectivity index (χ4n) is 1.73. The molecule has 0 amide bonds. The molecule has 1 rings (SSSR count). The fourth-order valence-corrected chi connectivity index (χ4v) is 1.73. The first-order valence-electron chi connectivity index (χ1n) is 5.82. The van der Waals surface area contributed by atoms with Gasteiger partial charge in [-0.2, -0.15) is 0 Å². The van der Waals surface area contributed by atoms with Gasteiger partial charge in [0.05, 0.1) is 19.8 Å². The molecule has 7 atom stereocenters. The van der Waals surface area contributed by atoms with Gasteiger partial charge < -0.3 is 45.2 Å². The van der Waals surface area contributed by atoms with Crippen molar-refractivity contribution in [2.24, 2.45) is 0 Å². The summed E-state index contributed by atoms with van der Waals surface area (Å²) >= 11 is 0. The third-order valence-electron chi connectivity index (χ3n) is 2.95. The summed E-state index contributed by atoms with van der Waals surface area (Å²) in [5.41, 5.74) is 0. The highest BCUT2D eigenvalue weighted by molar-refractivity contribution is 4.89. The van der Waals surface area contributed by atoms with Gasteiger partial charge in [-0.05, 0) is 0 Å². The second kappa shape index (κ2) is 7.43. The molecule has 7 N–H and O–H groups in total. The molecular weight excluding hydrogens is 264 g/mol. The summed E-state index contributed by atoms with van der Waals surface area (Å²) in [4.78, 5) is 0. The third-order valence-corrected chi connectivity index (χ3v) is 2.95. The highest BCUT2D eigenvalue weighted by Gasteiger charge is 2.45. The maximum atomic E-state index is 9.65. The van der Waals surface area contributed by atoms with Gasteiger partial charge in [-0.15, -0.1) is 0 Å². The minimum absolute atomic E-state index is 0.614. The Morgan fingerprint density at radius 3 is 2.05 bits per heavy atom. The molecule has 114 valence electrons. The van der Waals surface area contributed by atoms with Crippen molar-refractivity contribution < 1.29 is 45.2 Å². The average molecular weight is 284 g/mol. The minimum atomic E-state index is -1.63. The molecule has 1 saturated heterocycles. The molecule has 1 fully saturated rings. The molecule has 0 aliphatic carbocycles. The summed E-state index contributed by atoms with van der Waals surface area (Å²) in [5.74, 6) is 0. The Labute approximate surface area is 109 Å². The van der Waals surface area contributed by atoms with Gasteiger partial charge in [-0.1, -0.05) is 0 Å². The van der Waals surface area contributed by atoms with Gasteiger partial charge in [-0.3, -0.25) is 0 Å². The minimum Gasteiger partial charge on any atom is -0.394 e. The van der Waals surface area contributed by atoms with Crippen LogP contribution in [0.25, 0.3) is 0 Å². The van der Waals surface area contributed by atoms with Crippen molar-refractivity contribution in [2.75, 3.05) is 19.8 Å². The number of hydrogen-bond donors (Lipinski definition) is 7. The van der Waals surface area contributed by atoms with Crippen molar-refractivity contribution >= 4 is 0 Å². The largest absolute Gasteiger partial charge is 0.394 e. The molecule has 0 radical (unpaired) electrons. The van der Waals surface area contributed by atoms with Crippen LogP contribution in [0.4, 0.5) is 0 Å². The van der Waals surface area contributed by atoms with E-state index < -0.39 is 62.7 Å². The van der Waals surface area contributed by atoms with Crippen LogP contribution in [-0.4, -0.2) is 98.5 Å². The van der Waals surface area contributed by atoms with Gasteiger partial charge in [0, 0.05) is 0 Å². The normalized spacial score (nSPS) is 39.0. The van der Waals surface area contributed by atoms with Crippen molar-refractivity contribution in [1.82, 2.24) is 0 Å². The number of hydrogen-bond acceptors (Lipinski definition) is 9. The summed E-state index contributed by atoms with van der Waals surface area (Å²) in [6, 6.07) is 0. The molecule has 0 saturated carbocycles. The lowest BCUT2D eigenvalue weighted by Crippen LogP contribution is -2.60. The van der Waals surface area contributed by atoms with Crippen molar-refractivity contribution in [1.29, 1.82) is 0 Å². The van der Waals surface area contributed by atoms with E-state index in [0.29, 0.717) is 0 Å². The first-order valence-corrected chi connectivity index (χ1v) is 5.82. The van der Waals surface area contributed by atoms with Crippen LogP contribution >= 0.6 is 0 Å². The maximum absolute atomic E-state index is 9.65. The van der Waals surface area contributed by atoms with Crippen LogP contribution in [0.2, 0.25) is 0 Å². The molecule has 1 aliphatic rings. The standard InChI is InChI=1S/C10H20O9/c11-1-4(14)5(2-12)18-10-9(17)8(16)7(15)6(3-13)19-10/h4-17H,1-3H2/t4-,5-,6+,7-,8-,9+,10+/m0/s1. The van der Waals surface area contributed by atoms with E-state index in [1.165, 1.54) is 0 Å². The predicted molar refractivity (Wildman–Crippen MR) is 58.8 cm³/mol. The Bertz CT molecular complexity index is 261. The van der Waals surface area contributed by atoms with Crippen LogP contribution in [0.3, 0.4) is 0 Å². The molecule has 9 heteroatoms. The van der Waals surface area contributed by atoms with E-state index in [1.54, 1.807) is 0 Å². The Balaban J connectivity index is 2.70. The second-order valence-electron chi connectivity index (χ2n) is 4.30. The number of ether oxygens (including phenoxy) is 2. The Kier molecular flexibility index (Phi) is 6.53. The Morgan fingerprint density at radius 1 is 0.947 bits per heavy atom. The van der Waals surface area contributed by atoms with E-state index in [1.807, 2.05) is 0 Å². The molecule has 1 heterocycles. The van der Waals surface area contributed by atoms with E-state index in [4.69, 9.17) is 24.8 Å². The predicted octanol–water partition coefficient (Wildman–Crippen LogP) is -4.48. The van der Waals surface area contributed by atoms with Gasteiger partial charge >= 0.3 is 0 Å². The molecule has 0 spiro atoms. The Hall–Kier alpha value is -0.360. The first-order chi connectivity index (χ1) is 8.96. The zero-order valence-electron chi connectivity index (χ0n) is 10.1. The SMILES string of the molecule is OC[C@H](O[C@@H]1O[C@H](CO)[C@H](O)[C@H](O)[C@H]1O)[C@@H](O)CO. The van der Waals surface area contributed by atoms with Gasteiger partial charge in [0.1, 0.15) is 36.6 Å². The summed E-state index contributed by atoms with van der Waals surface area (Å²) in [6.45, 7) is -1.95. The molecule has 9 nitrogen and oxygen atoms in total. The molecular formula is C10H20O9. The third kappa shape index (κ3) is 3.81. The van der Waals surface area contributed by atoms with Gasteiger partial charge in [0.15, 0.2) is 6.29 Å². The smallest absolute Gasteiger partial charge is 0.187 e. The van der Waals surface area contributed by atoms with Crippen molar-refractivity contribution in [2.45, 2.75) is 42.9 Å². The zero-order chi connectivity index (χ0) is 14.6. The molecule has 0 aromatic heterocycles. The van der Waals surface area contributed by atoms with E-state index in [0.717, 1.165) is 0 Å². The van der Waals surface area contributed by atoms with Crippen molar-refractivity contribution in [3.8, 4) is 0 Å². The summed E-state index contributed by atoms with van der Waals surface area (Å²) in [7, 11) is 0. The number of aliphatic hydroxyl groups is 7. The number of rotatable bonds is 6. The fraction of sp³-hybridized carbons (Fsp3) is 1.00. The summed E-state index contributed by atoms with van der Waals surface area (Å²) in [6.07, 6.45) is -10.0. The molecule has 0 aromatic carbocycles. The lowest BCUT2D eigenvalue weighted by Gasteiger charge is -2.41. The lowest BCUT2D eigenvalue weighted by atomic mass is 9.99. The average Bonchev–Trinajstić information content (AvgIpc) is 2.43. The lowest BCUT2D eigenvalue weighted by molar-refractivity contribution is -0.319. The molecule has 0 aromatic rings. The molecule has 1 aliphatic heterocycles. The molecule has 19 heavy (non-hydrogen) atoms. The molecule has 0 bridgehead atoms. The Morgan fingerprint density at radius 2 is 1.58 bits per heavy atom. The highest BCUT2D eigenvalue weighted by atomic mass is 16.7. The van der Waals surface area contributed by atoms with E-state index in [2.05, 4.69) is 0 Å². The highest BCUT2D eigenvalue weighted by Crippen LogP contribution is 2.23. The van der Waals surface area contributed by atoms with Crippen LogP contribution in [0.15, 0.2) is 0 Å². The van der Waals surface area contributed by atoms with Crippen LogP contribution in [0.1, 0.15) is 0 Å². The maximum Gasteiger partial charge on any atom is 0.187 e. The van der Waals surface area contributed by atoms with E-state index in [-0.39, 0.29) is 0 Å². The van der Waals surface area contributed by atoms with Crippen LogP contribution < -0.4 is 0 Å². The number of aliphatic hydroxyl groups excluding tert-OH is 7. The van der Waals surface area contributed by atoms with Crippen molar-refractivity contribution in [3.05, 3.63) is 0 Å². The summed E-state index contributed by atoms with van der Waals surface area (Å²) < 4.78 is 10.1. The van der Waals surface area contributed by atoms with Gasteiger partial charge in [-0.25, -0.2) is 0 Å². The zero-order valence-corrected chi connectivity index (χ0v) is 10.1. The van der Waals surface area contributed by atoms with Crippen LogP contribution in [0, 0.1) is 0 Å². The topological polar surface area (TPSA) is 160 Å². The van der Waals surface area contributed by atoms with Crippen LogP contribution in [-0.2, 0) is 9.47 Å². The van der Waals surface area contributed by atoms with Gasteiger partial charge in [0.25, 0.3) is 0 Å². The quantitative estimate of drug-likeness (QED) is 0.255. The second-order valence-corrected chi connectivity index (χ2v) is 4.30. The first kappa shape index (κ1) is 16.7. The van der Waals surface area contributed by atoms with E-state index in [9.17, 15) is 20.4 Å². The summed E-state index contributed by atoms with van der Waals surface area (Å²) in [5, 5.41) is 64.7. The van der Waals surface area contributed by atoms with Crippen LogP contribution in [0.5, 0.6) is 0 Å². The van der Waals surface area contributed by atoms with E-state index >= 15 is 0 Å². The monoisotopic (exact) mass is 284 g/mol.